The first-order valence-electron chi connectivity index (χ1n) is 4.99. The molecule has 0 spiro atoms. The number of anilines is 1. The lowest BCUT2D eigenvalue weighted by atomic mass is 10.2. The molecule has 1 amide bonds. The van der Waals surface area contributed by atoms with Crippen molar-refractivity contribution in [3.63, 3.8) is 0 Å². The largest absolute Gasteiger partial charge is 0.310 e. The topological polar surface area (TPSA) is 54.9 Å². The van der Waals surface area contributed by atoms with Gasteiger partial charge in [-0.2, -0.15) is 0 Å². The van der Waals surface area contributed by atoms with Crippen LogP contribution >= 0.6 is 11.6 Å². The summed E-state index contributed by atoms with van der Waals surface area (Å²) < 4.78 is 0. The summed E-state index contributed by atoms with van der Waals surface area (Å²) in [5.41, 5.74) is 0. The van der Waals surface area contributed by atoms with E-state index in [2.05, 4.69) is 22.2 Å². The van der Waals surface area contributed by atoms with Crippen LogP contribution in [0, 0.1) is 11.8 Å². The molecule has 1 aromatic heterocycles. The van der Waals surface area contributed by atoms with Gasteiger partial charge in [-0.15, -0.1) is 0 Å². The highest BCUT2D eigenvalue weighted by Gasteiger charge is 2.41. The van der Waals surface area contributed by atoms with Gasteiger partial charge in [-0.25, -0.2) is 9.97 Å². The zero-order valence-electron chi connectivity index (χ0n) is 8.40. The quantitative estimate of drug-likeness (QED) is 0.802. The number of aromatic nitrogens is 2. The highest BCUT2D eigenvalue weighted by atomic mass is 35.5. The van der Waals surface area contributed by atoms with Crippen LogP contribution in [0.2, 0.25) is 5.15 Å². The fourth-order valence-corrected chi connectivity index (χ4v) is 1.79. The van der Waals surface area contributed by atoms with Crippen LogP contribution in [0.1, 0.15) is 19.8 Å². The molecule has 4 nitrogen and oxygen atoms in total. The Balaban J connectivity index is 1.95. The Kier molecular flexibility index (Phi) is 2.86. The maximum Gasteiger partial charge on any atom is 0.228 e. The van der Waals surface area contributed by atoms with Gasteiger partial charge in [0.1, 0.15) is 17.3 Å². The second kappa shape index (κ2) is 4.14. The molecule has 0 aromatic carbocycles. The molecule has 1 heterocycles. The SMILES string of the molecule is CC[C@@H]1C[C@H]1C(=O)Nc1cc(Cl)ncn1. The molecule has 0 saturated heterocycles. The van der Waals surface area contributed by atoms with Crippen molar-refractivity contribution < 1.29 is 4.79 Å². The number of nitrogens with one attached hydrogen (secondary N) is 1. The smallest absolute Gasteiger partial charge is 0.228 e. The van der Waals surface area contributed by atoms with E-state index in [0.29, 0.717) is 16.9 Å². The van der Waals surface area contributed by atoms with E-state index in [0.717, 1.165) is 12.8 Å². The fraction of sp³-hybridized carbons (Fsp3) is 0.500. The van der Waals surface area contributed by atoms with Crippen molar-refractivity contribution in [2.45, 2.75) is 19.8 Å². The summed E-state index contributed by atoms with van der Waals surface area (Å²) in [6.07, 6.45) is 3.38. The fourth-order valence-electron chi connectivity index (χ4n) is 1.64. The van der Waals surface area contributed by atoms with E-state index < -0.39 is 0 Å². The lowest BCUT2D eigenvalue weighted by Gasteiger charge is -2.02. The Morgan fingerprint density at radius 2 is 2.47 bits per heavy atom. The standard InChI is InChI=1S/C10H12ClN3O/c1-2-6-3-7(6)10(15)14-9-4-8(11)12-5-13-9/h4-7H,2-3H2,1H3,(H,12,13,14,15)/t6-,7-/m1/s1. The highest BCUT2D eigenvalue weighted by molar-refractivity contribution is 6.29. The second-order valence-corrected chi connectivity index (χ2v) is 4.11. The maximum absolute atomic E-state index is 11.6. The molecule has 0 unspecified atom stereocenters. The highest BCUT2D eigenvalue weighted by Crippen LogP contribution is 2.41. The molecule has 2 atom stereocenters. The molecule has 0 radical (unpaired) electrons. The van der Waals surface area contributed by atoms with Crippen LogP contribution in [0.25, 0.3) is 0 Å². The van der Waals surface area contributed by atoms with Crippen molar-refractivity contribution in [2.75, 3.05) is 5.32 Å². The molecule has 0 bridgehead atoms. The number of hydrogen-bond donors (Lipinski definition) is 1. The predicted molar refractivity (Wildman–Crippen MR) is 57.6 cm³/mol. The molecular formula is C10H12ClN3O. The summed E-state index contributed by atoms with van der Waals surface area (Å²) in [5.74, 6) is 1.21. The average Bonchev–Trinajstić information content (AvgIpc) is 2.96. The lowest BCUT2D eigenvalue weighted by Crippen LogP contribution is -2.15. The van der Waals surface area contributed by atoms with Crippen molar-refractivity contribution in [3.05, 3.63) is 17.5 Å². The van der Waals surface area contributed by atoms with Gasteiger partial charge >= 0.3 is 0 Å². The summed E-state index contributed by atoms with van der Waals surface area (Å²) in [6, 6.07) is 1.54. The third-order valence-electron chi connectivity index (χ3n) is 2.67. The van der Waals surface area contributed by atoms with Crippen molar-refractivity contribution in [1.82, 2.24) is 9.97 Å². The van der Waals surface area contributed by atoms with Crippen LogP contribution in [-0.2, 0) is 4.79 Å². The summed E-state index contributed by atoms with van der Waals surface area (Å²) in [6.45, 7) is 2.10. The number of amides is 1. The molecule has 1 aliphatic carbocycles. The van der Waals surface area contributed by atoms with Gasteiger partial charge in [-0.3, -0.25) is 4.79 Å². The van der Waals surface area contributed by atoms with E-state index in [-0.39, 0.29) is 11.8 Å². The van der Waals surface area contributed by atoms with Gasteiger partial charge in [0.25, 0.3) is 0 Å². The van der Waals surface area contributed by atoms with Gasteiger partial charge in [0, 0.05) is 12.0 Å². The van der Waals surface area contributed by atoms with Crippen molar-refractivity contribution in [2.24, 2.45) is 11.8 Å². The van der Waals surface area contributed by atoms with Crippen LogP contribution in [0.3, 0.4) is 0 Å². The van der Waals surface area contributed by atoms with Crippen LogP contribution in [0.5, 0.6) is 0 Å². The van der Waals surface area contributed by atoms with E-state index in [1.54, 1.807) is 6.07 Å². The Morgan fingerprint density at radius 3 is 3.07 bits per heavy atom. The van der Waals surface area contributed by atoms with E-state index >= 15 is 0 Å². The van der Waals surface area contributed by atoms with E-state index in [4.69, 9.17) is 11.6 Å². The number of carbonyl (C=O) groups is 1. The van der Waals surface area contributed by atoms with Gasteiger partial charge in [-0.1, -0.05) is 24.9 Å². The first-order valence-corrected chi connectivity index (χ1v) is 5.37. The molecule has 1 saturated carbocycles. The van der Waals surface area contributed by atoms with Crippen molar-refractivity contribution in [3.8, 4) is 0 Å². The molecule has 1 aromatic rings. The Morgan fingerprint density at radius 1 is 1.67 bits per heavy atom. The van der Waals surface area contributed by atoms with Gasteiger partial charge < -0.3 is 5.32 Å². The molecule has 1 aliphatic rings. The van der Waals surface area contributed by atoms with Crippen LogP contribution in [0.15, 0.2) is 12.4 Å². The minimum absolute atomic E-state index is 0.0385. The first kappa shape index (κ1) is 10.4. The number of halogens is 1. The normalized spacial score (nSPS) is 23.6. The third-order valence-corrected chi connectivity index (χ3v) is 2.88. The van der Waals surface area contributed by atoms with E-state index in [1.807, 2.05) is 0 Å². The summed E-state index contributed by atoms with van der Waals surface area (Å²) in [7, 11) is 0. The Bertz CT molecular complexity index is 383. The van der Waals surface area contributed by atoms with Crippen molar-refractivity contribution >= 4 is 23.3 Å². The maximum atomic E-state index is 11.6. The van der Waals surface area contributed by atoms with E-state index in [9.17, 15) is 4.79 Å². The molecule has 15 heavy (non-hydrogen) atoms. The third kappa shape index (κ3) is 2.45. The van der Waals surface area contributed by atoms with Crippen LogP contribution < -0.4 is 5.32 Å². The number of nitrogens with zero attached hydrogens (tertiary/aromatic N) is 2. The summed E-state index contributed by atoms with van der Waals surface area (Å²) >= 11 is 5.68. The van der Waals surface area contributed by atoms with E-state index in [1.165, 1.54) is 6.33 Å². The number of carbonyl (C=O) groups excluding carboxylic acids is 1. The molecule has 1 N–H and O–H groups in total. The molecule has 0 aliphatic heterocycles. The van der Waals surface area contributed by atoms with Crippen LogP contribution in [0.4, 0.5) is 5.82 Å². The lowest BCUT2D eigenvalue weighted by molar-refractivity contribution is -0.117. The minimum atomic E-state index is 0.0385. The average molecular weight is 226 g/mol. The van der Waals surface area contributed by atoms with Gasteiger partial charge in [0.2, 0.25) is 5.91 Å². The number of rotatable bonds is 3. The minimum Gasteiger partial charge on any atom is -0.310 e. The molecule has 80 valence electrons. The van der Waals surface area contributed by atoms with Crippen LogP contribution in [-0.4, -0.2) is 15.9 Å². The molecule has 2 rings (SSSR count). The second-order valence-electron chi connectivity index (χ2n) is 3.73. The summed E-state index contributed by atoms with van der Waals surface area (Å²) in [5, 5.41) is 3.07. The van der Waals surface area contributed by atoms with Crippen molar-refractivity contribution in [1.29, 1.82) is 0 Å². The molecule has 5 heteroatoms. The Labute approximate surface area is 93.1 Å². The Hall–Kier alpha value is -1.16. The predicted octanol–water partition coefficient (Wildman–Crippen LogP) is 2.11. The summed E-state index contributed by atoms with van der Waals surface area (Å²) in [4.78, 5) is 19.3. The van der Waals surface area contributed by atoms with Gasteiger partial charge in [0.15, 0.2) is 0 Å². The van der Waals surface area contributed by atoms with Gasteiger partial charge in [0.05, 0.1) is 0 Å². The zero-order chi connectivity index (χ0) is 10.8. The first-order chi connectivity index (χ1) is 7.20. The van der Waals surface area contributed by atoms with Gasteiger partial charge in [-0.05, 0) is 12.3 Å². The number of hydrogen-bond acceptors (Lipinski definition) is 3. The molecule has 1 fully saturated rings. The zero-order valence-corrected chi connectivity index (χ0v) is 9.16. The molecular weight excluding hydrogens is 214 g/mol. The monoisotopic (exact) mass is 225 g/mol.